The molecule has 0 atom stereocenters. The average Bonchev–Trinajstić information content (AvgIpc) is 3.13. The van der Waals surface area contributed by atoms with Gasteiger partial charge in [0.15, 0.2) is 0 Å². The number of hydrogen-bond donors (Lipinski definition) is 2. The molecule has 7 nitrogen and oxygen atoms in total. The van der Waals surface area contributed by atoms with Crippen LogP contribution in [0, 0.1) is 0 Å². The number of aromatic amines is 1. The van der Waals surface area contributed by atoms with Crippen LogP contribution in [0.1, 0.15) is 36.6 Å². The molecule has 0 unspecified atom stereocenters. The lowest BCUT2D eigenvalue weighted by atomic mass is 10.1. The van der Waals surface area contributed by atoms with Gasteiger partial charge in [0.25, 0.3) is 5.56 Å². The minimum absolute atomic E-state index is 0.0217. The number of fused-ring (bicyclic) bond motifs is 1. The third-order valence-corrected chi connectivity index (χ3v) is 5.52. The Kier molecular flexibility index (Phi) is 5.43. The lowest BCUT2D eigenvalue weighted by Crippen LogP contribution is -2.27. The molecule has 1 saturated heterocycles. The van der Waals surface area contributed by atoms with Crippen molar-refractivity contribution >= 4 is 17.5 Å². The Balaban J connectivity index is 1.43. The summed E-state index contributed by atoms with van der Waals surface area (Å²) in [5.41, 5.74) is 3.82. The van der Waals surface area contributed by atoms with E-state index in [4.69, 9.17) is 4.98 Å². The Morgan fingerprint density at radius 2 is 1.82 bits per heavy atom. The second-order valence-electron chi connectivity index (χ2n) is 7.66. The Labute approximate surface area is 164 Å². The van der Waals surface area contributed by atoms with Crippen LogP contribution in [-0.4, -0.2) is 47.0 Å². The van der Waals surface area contributed by atoms with Crippen LogP contribution in [-0.2, 0) is 24.2 Å². The zero-order chi connectivity index (χ0) is 19.5. The summed E-state index contributed by atoms with van der Waals surface area (Å²) in [5, 5.41) is 2.79. The third kappa shape index (κ3) is 4.25. The van der Waals surface area contributed by atoms with Crippen molar-refractivity contribution in [2.45, 2.75) is 39.2 Å². The number of hydrogen-bond acceptors (Lipinski definition) is 5. The van der Waals surface area contributed by atoms with Gasteiger partial charge in [-0.3, -0.25) is 19.5 Å². The second kappa shape index (κ2) is 8.14. The SMILES string of the molecule is CC(=O)Nc1ccc(CN2CCc3nc(N4CCCC4)[nH]c(=O)c3CC2)cc1. The summed E-state index contributed by atoms with van der Waals surface area (Å²) >= 11 is 0. The van der Waals surface area contributed by atoms with E-state index in [0.717, 1.165) is 81.3 Å². The topological polar surface area (TPSA) is 81.3 Å². The molecule has 1 fully saturated rings. The van der Waals surface area contributed by atoms with Crippen LogP contribution in [0.5, 0.6) is 0 Å². The van der Waals surface area contributed by atoms with Gasteiger partial charge in [-0.2, -0.15) is 0 Å². The van der Waals surface area contributed by atoms with Crippen molar-refractivity contribution in [1.82, 2.24) is 14.9 Å². The van der Waals surface area contributed by atoms with Gasteiger partial charge < -0.3 is 10.2 Å². The minimum atomic E-state index is -0.0657. The first kappa shape index (κ1) is 18.7. The average molecular weight is 381 g/mol. The van der Waals surface area contributed by atoms with Crippen molar-refractivity contribution < 1.29 is 4.79 Å². The molecule has 0 radical (unpaired) electrons. The first-order chi connectivity index (χ1) is 13.6. The van der Waals surface area contributed by atoms with E-state index in [0.29, 0.717) is 0 Å². The highest BCUT2D eigenvalue weighted by atomic mass is 16.1. The molecule has 1 aromatic carbocycles. The molecule has 2 N–H and O–H groups in total. The molecule has 2 aromatic rings. The Bertz CT molecular complexity index is 900. The number of rotatable bonds is 4. The maximum Gasteiger partial charge on any atom is 0.255 e. The number of anilines is 2. The van der Waals surface area contributed by atoms with Crippen LogP contribution >= 0.6 is 0 Å². The van der Waals surface area contributed by atoms with Crippen LogP contribution in [0.15, 0.2) is 29.1 Å². The molecule has 28 heavy (non-hydrogen) atoms. The summed E-state index contributed by atoms with van der Waals surface area (Å²) in [6.45, 7) is 6.01. The first-order valence-corrected chi connectivity index (χ1v) is 10.0. The van der Waals surface area contributed by atoms with Gasteiger partial charge in [-0.1, -0.05) is 12.1 Å². The summed E-state index contributed by atoms with van der Waals surface area (Å²) in [4.78, 5) is 36.1. The standard InChI is InChI=1S/C21H27N5O2/c1-15(27)22-17-6-4-16(5-7-17)14-25-12-8-18-19(9-13-25)23-21(24-20(18)28)26-10-2-3-11-26/h4-7H,2-3,8-14H2,1H3,(H,22,27)(H,23,24,28). The molecule has 3 heterocycles. The van der Waals surface area contributed by atoms with Crippen molar-refractivity contribution in [3.05, 3.63) is 51.4 Å². The molecular formula is C21H27N5O2. The van der Waals surface area contributed by atoms with E-state index >= 15 is 0 Å². The Morgan fingerprint density at radius 3 is 2.54 bits per heavy atom. The van der Waals surface area contributed by atoms with Gasteiger partial charge in [0.1, 0.15) is 0 Å². The highest BCUT2D eigenvalue weighted by Crippen LogP contribution is 2.19. The number of H-pyrrole nitrogens is 1. The summed E-state index contributed by atoms with van der Waals surface area (Å²) in [7, 11) is 0. The van der Waals surface area contributed by atoms with Crippen LogP contribution < -0.4 is 15.8 Å². The predicted molar refractivity (Wildman–Crippen MR) is 110 cm³/mol. The number of carbonyl (C=O) groups excluding carboxylic acids is 1. The number of aromatic nitrogens is 2. The van der Waals surface area contributed by atoms with E-state index in [1.807, 2.05) is 24.3 Å². The van der Waals surface area contributed by atoms with Gasteiger partial charge in [-0.25, -0.2) is 4.98 Å². The van der Waals surface area contributed by atoms with Crippen molar-refractivity contribution in [2.24, 2.45) is 0 Å². The Morgan fingerprint density at radius 1 is 1.11 bits per heavy atom. The summed E-state index contributed by atoms with van der Waals surface area (Å²) < 4.78 is 0. The molecule has 0 saturated carbocycles. The largest absolute Gasteiger partial charge is 0.342 e. The number of benzene rings is 1. The van der Waals surface area contributed by atoms with E-state index in [9.17, 15) is 9.59 Å². The van der Waals surface area contributed by atoms with E-state index in [2.05, 4.69) is 20.1 Å². The second-order valence-corrected chi connectivity index (χ2v) is 7.66. The van der Waals surface area contributed by atoms with Crippen molar-refractivity contribution in [3.63, 3.8) is 0 Å². The molecule has 2 aliphatic rings. The van der Waals surface area contributed by atoms with E-state index in [1.165, 1.54) is 12.5 Å². The van der Waals surface area contributed by atoms with Gasteiger partial charge in [0.2, 0.25) is 11.9 Å². The lowest BCUT2D eigenvalue weighted by Gasteiger charge is -2.19. The van der Waals surface area contributed by atoms with Crippen molar-refractivity contribution in [3.8, 4) is 0 Å². The highest BCUT2D eigenvalue weighted by Gasteiger charge is 2.21. The molecule has 1 aromatic heterocycles. The van der Waals surface area contributed by atoms with E-state index < -0.39 is 0 Å². The monoisotopic (exact) mass is 381 g/mol. The van der Waals surface area contributed by atoms with Gasteiger partial charge in [-0.05, 0) is 37.0 Å². The molecule has 2 aliphatic heterocycles. The fourth-order valence-electron chi connectivity index (χ4n) is 4.03. The van der Waals surface area contributed by atoms with Crippen LogP contribution in [0.3, 0.4) is 0 Å². The molecule has 148 valence electrons. The number of nitrogens with one attached hydrogen (secondary N) is 2. The zero-order valence-corrected chi connectivity index (χ0v) is 16.3. The van der Waals surface area contributed by atoms with Crippen molar-refractivity contribution in [1.29, 1.82) is 0 Å². The summed E-state index contributed by atoms with van der Waals surface area (Å²) in [5.74, 6) is 0.673. The van der Waals surface area contributed by atoms with Crippen LogP contribution in [0.4, 0.5) is 11.6 Å². The summed E-state index contributed by atoms with van der Waals surface area (Å²) in [6, 6.07) is 7.94. The van der Waals surface area contributed by atoms with Crippen LogP contribution in [0.25, 0.3) is 0 Å². The third-order valence-electron chi connectivity index (χ3n) is 5.52. The molecule has 0 aliphatic carbocycles. The fraction of sp³-hybridized carbons (Fsp3) is 0.476. The normalized spacial score (nSPS) is 17.2. The van der Waals surface area contributed by atoms with Gasteiger partial charge in [0.05, 0.1) is 5.69 Å². The summed E-state index contributed by atoms with van der Waals surface area (Å²) in [6.07, 6.45) is 3.84. The van der Waals surface area contributed by atoms with Gasteiger partial charge in [0, 0.05) is 57.3 Å². The van der Waals surface area contributed by atoms with E-state index in [-0.39, 0.29) is 11.5 Å². The molecule has 1 amide bonds. The first-order valence-electron chi connectivity index (χ1n) is 10.0. The number of nitrogens with zero attached hydrogens (tertiary/aromatic N) is 3. The smallest absolute Gasteiger partial charge is 0.255 e. The number of amides is 1. The minimum Gasteiger partial charge on any atom is -0.342 e. The Hall–Kier alpha value is -2.67. The van der Waals surface area contributed by atoms with E-state index in [1.54, 1.807) is 0 Å². The highest BCUT2D eigenvalue weighted by molar-refractivity contribution is 5.88. The quantitative estimate of drug-likeness (QED) is 0.846. The number of carbonyl (C=O) groups is 1. The lowest BCUT2D eigenvalue weighted by molar-refractivity contribution is -0.114. The molecule has 0 spiro atoms. The maximum absolute atomic E-state index is 12.6. The fourth-order valence-corrected chi connectivity index (χ4v) is 4.03. The molecule has 7 heteroatoms. The zero-order valence-electron chi connectivity index (χ0n) is 16.3. The van der Waals surface area contributed by atoms with Crippen molar-refractivity contribution in [2.75, 3.05) is 36.4 Å². The predicted octanol–water partition coefficient (Wildman–Crippen LogP) is 1.93. The van der Waals surface area contributed by atoms with Gasteiger partial charge in [-0.15, -0.1) is 0 Å². The molecular weight excluding hydrogens is 354 g/mol. The molecule has 4 rings (SSSR count). The van der Waals surface area contributed by atoms with Crippen LogP contribution in [0.2, 0.25) is 0 Å². The van der Waals surface area contributed by atoms with Gasteiger partial charge >= 0.3 is 0 Å². The maximum atomic E-state index is 12.6. The molecule has 0 bridgehead atoms.